The van der Waals surface area contributed by atoms with Crippen LogP contribution < -0.4 is 5.32 Å². The van der Waals surface area contributed by atoms with Gasteiger partial charge < -0.3 is 14.8 Å². The van der Waals surface area contributed by atoms with E-state index >= 15 is 0 Å². The summed E-state index contributed by atoms with van der Waals surface area (Å²) < 4.78 is 24.3. The van der Waals surface area contributed by atoms with Gasteiger partial charge in [0, 0.05) is 23.7 Å². The van der Waals surface area contributed by atoms with Gasteiger partial charge in [-0.3, -0.25) is 9.78 Å². The first-order valence-corrected chi connectivity index (χ1v) is 13.0. The van der Waals surface area contributed by atoms with E-state index in [1.807, 2.05) is 31.2 Å². The summed E-state index contributed by atoms with van der Waals surface area (Å²) in [5.74, 6) is 0.629. The molecule has 2 saturated carbocycles. The van der Waals surface area contributed by atoms with Crippen LogP contribution in [0.4, 0.5) is 9.18 Å². The molecule has 0 bridgehead atoms. The van der Waals surface area contributed by atoms with Gasteiger partial charge in [0.15, 0.2) is 0 Å². The highest BCUT2D eigenvalue weighted by Gasteiger charge is 2.54. The van der Waals surface area contributed by atoms with E-state index in [0.717, 1.165) is 42.5 Å². The molecule has 0 unspecified atom stereocenters. The lowest BCUT2D eigenvalue weighted by Crippen LogP contribution is -2.48. The van der Waals surface area contributed by atoms with Crippen molar-refractivity contribution < 1.29 is 23.5 Å². The third kappa shape index (κ3) is 5.01. The summed E-state index contributed by atoms with van der Waals surface area (Å²) in [5.41, 5.74) is 2.48. The normalized spacial score (nSPS) is 31.4. The third-order valence-electron chi connectivity index (χ3n) is 8.18. The van der Waals surface area contributed by atoms with E-state index in [-0.39, 0.29) is 47.8 Å². The van der Waals surface area contributed by atoms with Gasteiger partial charge >= 0.3 is 12.1 Å². The molecule has 1 aromatic carbocycles. The Balaban J connectivity index is 1.34. The number of nitrogens with zero attached hydrogens (tertiary/aromatic N) is 1. The van der Waals surface area contributed by atoms with E-state index in [1.165, 1.54) is 12.1 Å². The van der Waals surface area contributed by atoms with Gasteiger partial charge in [0.25, 0.3) is 0 Å². The van der Waals surface area contributed by atoms with Gasteiger partial charge in [-0.2, -0.15) is 0 Å². The summed E-state index contributed by atoms with van der Waals surface area (Å²) in [7, 11) is 0. The fraction of sp³-hybridized carbons (Fsp3) is 0.483. The molecule has 1 saturated heterocycles. The Bertz CT molecular complexity index is 1130. The Morgan fingerprint density at radius 3 is 2.83 bits per heavy atom. The van der Waals surface area contributed by atoms with Crippen LogP contribution in [0, 0.1) is 35.4 Å². The van der Waals surface area contributed by atoms with Crippen LogP contribution in [0.1, 0.15) is 45.2 Å². The number of amides is 1. The molecule has 5 rings (SSSR count). The summed E-state index contributed by atoms with van der Waals surface area (Å²) in [6.45, 7) is 4.15. The number of pyridine rings is 1. The number of hydrogen-bond donors (Lipinski definition) is 1. The zero-order chi connectivity index (χ0) is 25.2. The van der Waals surface area contributed by atoms with Crippen LogP contribution in [0.25, 0.3) is 17.2 Å². The molecule has 7 atom stereocenters. The second-order valence-electron chi connectivity index (χ2n) is 10.3. The number of benzene rings is 1. The van der Waals surface area contributed by atoms with Crippen LogP contribution in [-0.4, -0.2) is 35.8 Å². The van der Waals surface area contributed by atoms with Crippen LogP contribution in [0.2, 0.25) is 0 Å². The molecule has 6 nitrogen and oxygen atoms in total. The topological polar surface area (TPSA) is 77.5 Å². The highest BCUT2D eigenvalue weighted by molar-refractivity contribution is 5.75. The standard InChI is InChI=1S/C29H33FN2O4/c1-3-35-29(34)32-23-10-11-24-20(14-23)15-26-27(17(2)36-28(26)33)25(24)12-9-22-8-7-19(16-31-22)18-5-4-6-21(30)13-18/h4-9,12-13,16-17,20,23-27H,3,10-11,14-15H2,1-2H3,(H,32,34)/t17-,20+,23+,24-,25+,26+,27-/m0/s1. The first kappa shape index (κ1) is 24.5. The molecule has 2 aliphatic carbocycles. The molecular formula is C29H33FN2O4. The van der Waals surface area contributed by atoms with Crippen LogP contribution in [0.5, 0.6) is 0 Å². The quantitative estimate of drug-likeness (QED) is 0.548. The van der Waals surface area contributed by atoms with E-state index in [2.05, 4.69) is 16.4 Å². The summed E-state index contributed by atoms with van der Waals surface area (Å²) in [5, 5.41) is 3.00. The first-order chi connectivity index (χ1) is 17.4. The van der Waals surface area contributed by atoms with Crippen molar-refractivity contribution in [1.82, 2.24) is 10.3 Å². The van der Waals surface area contributed by atoms with E-state index in [0.29, 0.717) is 18.4 Å². The molecule has 1 aliphatic heterocycles. The highest BCUT2D eigenvalue weighted by atomic mass is 19.1. The Labute approximate surface area is 211 Å². The first-order valence-electron chi connectivity index (χ1n) is 13.0. The van der Waals surface area contributed by atoms with Crippen LogP contribution in [-0.2, 0) is 14.3 Å². The monoisotopic (exact) mass is 492 g/mol. The predicted octanol–water partition coefficient (Wildman–Crippen LogP) is 5.63. The van der Waals surface area contributed by atoms with Crippen molar-refractivity contribution in [3.8, 4) is 11.1 Å². The largest absolute Gasteiger partial charge is 0.462 e. The fourth-order valence-corrected chi connectivity index (χ4v) is 6.64. The van der Waals surface area contributed by atoms with Gasteiger partial charge in [-0.25, -0.2) is 9.18 Å². The van der Waals surface area contributed by atoms with Crippen molar-refractivity contribution in [3.05, 3.63) is 60.2 Å². The van der Waals surface area contributed by atoms with E-state index in [4.69, 9.17) is 9.47 Å². The molecule has 1 aromatic heterocycles. The molecule has 2 aromatic rings. The number of nitrogens with one attached hydrogen (secondary N) is 1. The molecule has 7 heteroatoms. The molecule has 3 fully saturated rings. The van der Waals surface area contributed by atoms with Crippen molar-refractivity contribution in [3.63, 3.8) is 0 Å². The molecule has 190 valence electrons. The molecular weight excluding hydrogens is 459 g/mol. The SMILES string of the molecule is CCOC(=O)N[C@@H]1CC[C@H]2[C@H](C1)C[C@H]1C(=O)O[C@@H](C)[C@H]1[C@@H]2C=Cc1ccc(-c2cccc(F)c2)cn1. The number of carbonyl (C=O) groups excluding carboxylic acids is 2. The number of allylic oxidation sites excluding steroid dienone is 1. The number of esters is 1. The maximum absolute atomic E-state index is 13.6. The van der Waals surface area contributed by atoms with Gasteiger partial charge in [0.05, 0.1) is 18.2 Å². The van der Waals surface area contributed by atoms with Crippen molar-refractivity contribution in [2.24, 2.45) is 29.6 Å². The minimum absolute atomic E-state index is 0.0679. The fourth-order valence-electron chi connectivity index (χ4n) is 6.64. The van der Waals surface area contributed by atoms with Gasteiger partial charge in [0.1, 0.15) is 11.9 Å². The van der Waals surface area contributed by atoms with E-state index in [9.17, 15) is 14.0 Å². The number of halogens is 1. The number of alkyl carbamates (subject to hydrolysis) is 1. The maximum Gasteiger partial charge on any atom is 0.407 e. The molecule has 0 radical (unpaired) electrons. The van der Waals surface area contributed by atoms with Gasteiger partial charge in [-0.1, -0.05) is 24.3 Å². The average molecular weight is 493 g/mol. The number of aromatic nitrogens is 1. The van der Waals surface area contributed by atoms with Gasteiger partial charge in [0.2, 0.25) is 0 Å². The number of hydrogen-bond acceptors (Lipinski definition) is 5. The number of fused-ring (bicyclic) bond motifs is 2. The Kier molecular flexibility index (Phi) is 7.08. The smallest absolute Gasteiger partial charge is 0.407 e. The predicted molar refractivity (Wildman–Crippen MR) is 134 cm³/mol. The van der Waals surface area contributed by atoms with Crippen molar-refractivity contribution >= 4 is 18.1 Å². The number of carbonyl (C=O) groups is 2. The van der Waals surface area contributed by atoms with Crippen LogP contribution in [0.15, 0.2) is 48.7 Å². The summed E-state index contributed by atoms with van der Waals surface area (Å²) in [6, 6.07) is 10.4. The third-order valence-corrected chi connectivity index (χ3v) is 8.18. The van der Waals surface area contributed by atoms with Crippen LogP contribution >= 0.6 is 0 Å². The van der Waals surface area contributed by atoms with E-state index < -0.39 is 0 Å². The lowest BCUT2D eigenvalue weighted by molar-refractivity contribution is -0.144. The van der Waals surface area contributed by atoms with Crippen molar-refractivity contribution in [2.45, 2.75) is 51.7 Å². The van der Waals surface area contributed by atoms with Gasteiger partial charge in [-0.05, 0) is 87.1 Å². The lowest BCUT2D eigenvalue weighted by Gasteiger charge is -2.47. The summed E-state index contributed by atoms with van der Waals surface area (Å²) in [4.78, 5) is 29.2. The molecule has 3 aliphatic rings. The lowest BCUT2D eigenvalue weighted by atomic mass is 9.57. The summed E-state index contributed by atoms with van der Waals surface area (Å²) >= 11 is 0. The number of ether oxygens (including phenoxy) is 2. The Morgan fingerprint density at radius 1 is 1.22 bits per heavy atom. The van der Waals surface area contributed by atoms with Gasteiger partial charge in [-0.15, -0.1) is 0 Å². The zero-order valence-electron chi connectivity index (χ0n) is 20.7. The molecule has 36 heavy (non-hydrogen) atoms. The minimum atomic E-state index is -0.368. The maximum atomic E-state index is 13.6. The highest BCUT2D eigenvalue weighted by Crippen LogP contribution is 2.53. The molecule has 1 N–H and O–H groups in total. The number of rotatable bonds is 5. The second kappa shape index (κ2) is 10.4. The molecule has 0 spiro atoms. The average Bonchev–Trinajstić information content (AvgIpc) is 3.15. The Morgan fingerprint density at radius 2 is 2.08 bits per heavy atom. The number of cyclic esters (lactones) is 1. The molecule has 1 amide bonds. The van der Waals surface area contributed by atoms with Crippen molar-refractivity contribution in [2.75, 3.05) is 6.61 Å². The van der Waals surface area contributed by atoms with Crippen LogP contribution in [0.3, 0.4) is 0 Å². The Hall–Kier alpha value is -3.22. The zero-order valence-corrected chi connectivity index (χ0v) is 20.7. The van der Waals surface area contributed by atoms with E-state index in [1.54, 1.807) is 19.2 Å². The summed E-state index contributed by atoms with van der Waals surface area (Å²) in [6.07, 6.45) is 9.07. The van der Waals surface area contributed by atoms with Crippen molar-refractivity contribution in [1.29, 1.82) is 0 Å². The second-order valence-corrected chi connectivity index (χ2v) is 10.3. The molecule has 2 heterocycles. The minimum Gasteiger partial charge on any atom is -0.462 e.